The molecule has 0 fully saturated rings. The molecule has 0 aliphatic heterocycles. The first-order valence-corrected chi connectivity index (χ1v) is 7.41. The van der Waals surface area contributed by atoms with Crippen molar-refractivity contribution in [1.29, 1.82) is 0 Å². The maximum Gasteiger partial charge on any atom is 0.173 e. The van der Waals surface area contributed by atoms with Gasteiger partial charge in [-0.3, -0.25) is 0 Å². The molecule has 0 saturated carbocycles. The molecule has 0 atom stereocenters. The zero-order valence-electron chi connectivity index (χ0n) is 11.4. The van der Waals surface area contributed by atoms with Crippen molar-refractivity contribution >= 4 is 15.9 Å². The highest BCUT2D eigenvalue weighted by Crippen LogP contribution is 2.30. The molecule has 3 rings (SSSR count). The Morgan fingerprint density at radius 1 is 0.682 bits per heavy atom. The van der Waals surface area contributed by atoms with E-state index in [0.717, 1.165) is 5.75 Å². The summed E-state index contributed by atoms with van der Waals surface area (Å²) in [5.74, 6) is -0.405. The lowest BCUT2D eigenvalue weighted by atomic mass is 10.0. The van der Waals surface area contributed by atoms with Gasteiger partial charge < -0.3 is 4.74 Å². The first kappa shape index (κ1) is 14.7. The highest BCUT2D eigenvalue weighted by Gasteiger charge is 2.13. The predicted molar refractivity (Wildman–Crippen MR) is 86.0 cm³/mol. The summed E-state index contributed by atoms with van der Waals surface area (Å²) in [4.78, 5) is 0. The van der Waals surface area contributed by atoms with E-state index >= 15 is 0 Å². The number of benzene rings is 3. The van der Waals surface area contributed by atoms with Crippen LogP contribution in [0.3, 0.4) is 0 Å². The number of hydrogen-bond acceptors (Lipinski definition) is 1. The molecule has 110 valence electrons. The van der Waals surface area contributed by atoms with Crippen molar-refractivity contribution in [2.75, 3.05) is 0 Å². The first-order valence-electron chi connectivity index (χ1n) is 6.62. The summed E-state index contributed by atoms with van der Waals surface area (Å²) in [6.07, 6.45) is 0. The molecule has 0 saturated heterocycles. The molecule has 0 heterocycles. The molecule has 4 heteroatoms. The van der Waals surface area contributed by atoms with Crippen molar-refractivity contribution in [2.45, 2.75) is 0 Å². The van der Waals surface area contributed by atoms with Crippen LogP contribution >= 0.6 is 15.9 Å². The fourth-order valence-corrected chi connectivity index (χ4v) is 2.38. The number of halogens is 3. The second kappa shape index (κ2) is 6.28. The van der Waals surface area contributed by atoms with Gasteiger partial charge in [-0.2, -0.15) is 0 Å². The molecule has 0 aliphatic carbocycles. The average molecular weight is 361 g/mol. The molecule has 22 heavy (non-hydrogen) atoms. The summed E-state index contributed by atoms with van der Waals surface area (Å²) in [5, 5.41) is 0. The molecule has 3 aromatic rings. The molecule has 3 aromatic carbocycles. The summed E-state index contributed by atoms with van der Waals surface area (Å²) in [5.41, 5.74) is 0.802. The lowest BCUT2D eigenvalue weighted by Crippen LogP contribution is -1.91. The standard InChI is InChI=1S/C18H11BrF2O/c19-16-11-10-15(17(20)18(16)21)12-6-8-14(9-7-12)22-13-4-2-1-3-5-13/h1-11H. The van der Waals surface area contributed by atoms with Crippen molar-refractivity contribution in [3.63, 3.8) is 0 Å². The Morgan fingerprint density at radius 2 is 1.32 bits per heavy atom. The highest BCUT2D eigenvalue weighted by atomic mass is 79.9. The van der Waals surface area contributed by atoms with Crippen molar-refractivity contribution in [1.82, 2.24) is 0 Å². The third-order valence-electron chi connectivity index (χ3n) is 3.18. The normalized spacial score (nSPS) is 10.5. The molecule has 0 N–H and O–H groups in total. The number of para-hydroxylation sites is 1. The molecular weight excluding hydrogens is 350 g/mol. The SMILES string of the molecule is Fc1c(Br)ccc(-c2ccc(Oc3ccccc3)cc2)c1F. The smallest absolute Gasteiger partial charge is 0.173 e. The van der Waals surface area contributed by atoms with E-state index in [0.29, 0.717) is 11.3 Å². The van der Waals surface area contributed by atoms with Gasteiger partial charge in [0.25, 0.3) is 0 Å². The molecule has 0 spiro atoms. The van der Waals surface area contributed by atoms with Crippen molar-refractivity contribution in [3.8, 4) is 22.6 Å². The fraction of sp³-hybridized carbons (Fsp3) is 0. The van der Waals surface area contributed by atoms with E-state index in [9.17, 15) is 8.78 Å². The van der Waals surface area contributed by atoms with Gasteiger partial charge in [0.1, 0.15) is 11.5 Å². The van der Waals surface area contributed by atoms with Crippen molar-refractivity contribution < 1.29 is 13.5 Å². The number of rotatable bonds is 3. The summed E-state index contributed by atoms with van der Waals surface area (Å²) in [6.45, 7) is 0. The second-order valence-corrected chi connectivity index (χ2v) is 5.52. The third-order valence-corrected chi connectivity index (χ3v) is 3.79. The lowest BCUT2D eigenvalue weighted by molar-refractivity contribution is 0.482. The van der Waals surface area contributed by atoms with Crippen LogP contribution in [-0.4, -0.2) is 0 Å². The maximum absolute atomic E-state index is 14.0. The Hall–Kier alpha value is -2.20. The van der Waals surface area contributed by atoms with E-state index in [1.807, 2.05) is 30.3 Å². The third kappa shape index (κ3) is 3.02. The minimum atomic E-state index is -0.887. The lowest BCUT2D eigenvalue weighted by Gasteiger charge is -2.08. The predicted octanol–water partition coefficient (Wildman–Crippen LogP) is 6.19. The van der Waals surface area contributed by atoms with Gasteiger partial charge in [-0.1, -0.05) is 36.4 Å². The Labute approximate surface area is 135 Å². The van der Waals surface area contributed by atoms with E-state index < -0.39 is 11.6 Å². The van der Waals surface area contributed by atoms with Crippen LogP contribution in [0, 0.1) is 11.6 Å². The molecule has 0 aromatic heterocycles. The molecule has 0 aliphatic rings. The van der Waals surface area contributed by atoms with Gasteiger partial charge in [0, 0.05) is 5.56 Å². The van der Waals surface area contributed by atoms with Gasteiger partial charge in [-0.25, -0.2) is 8.78 Å². The highest BCUT2D eigenvalue weighted by molar-refractivity contribution is 9.10. The minimum absolute atomic E-state index is 0.109. The van der Waals surface area contributed by atoms with Crippen LogP contribution in [0.25, 0.3) is 11.1 Å². The fourth-order valence-electron chi connectivity index (χ4n) is 2.08. The van der Waals surface area contributed by atoms with Crippen LogP contribution in [0.4, 0.5) is 8.78 Å². The van der Waals surface area contributed by atoms with Crippen LogP contribution in [0.2, 0.25) is 0 Å². The largest absolute Gasteiger partial charge is 0.457 e. The van der Waals surface area contributed by atoms with Crippen LogP contribution in [0.15, 0.2) is 71.2 Å². The Kier molecular flexibility index (Phi) is 4.20. The summed E-state index contributed by atoms with van der Waals surface area (Å²) < 4.78 is 33.3. The van der Waals surface area contributed by atoms with Crippen molar-refractivity contribution in [3.05, 3.63) is 82.8 Å². The van der Waals surface area contributed by atoms with E-state index in [1.165, 1.54) is 12.1 Å². The Morgan fingerprint density at radius 3 is 2.00 bits per heavy atom. The zero-order chi connectivity index (χ0) is 15.5. The Balaban J connectivity index is 1.87. The second-order valence-electron chi connectivity index (χ2n) is 4.66. The average Bonchev–Trinajstić information content (AvgIpc) is 2.55. The molecule has 1 nitrogen and oxygen atoms in total. The molecule has 0 amide bonds. The summed E-state index contributed by atoms with van der Waals surface area (Å²) in [7, 11) is 0. The van der Waals surface area contributed by atoms with Crippen LogP contribution in [0.5, 0.6) is 11.5 Å². The zero-order valence-corrected chi connectivity index (χ0v) is 13.0. The van der Waals surface area contributed by atoms with Crippen LogP contribution in [0.1, 0.15) is 0 Å². The van der Waals surface area contributed by atoms with Crippen LogP contribution in [-0.2, 0) is 0 Å². The van der Waals surface area contributed by atoms with Gasteiger partial charge in [0.05, 0.1) is 4.47 Å². The van der Waals surface area contributed by atoms with Gasteiger partial charge in [0.15, 0.2) is 11.6 Å². The maximum atomic E-state index is 14.0. The van der Waals surface area contributed by atoms with Crippen LogP contribution < -0.4 is 4.74 Å². The molecule has 0 unspecified atom stereocenters. The van der Waals surface area contributed by atoms with Gasteiger partial charge in [0.2, 0.25) is 0 Å². The van der Waals surface area contributed by atoms with Gasteiger partial charge in [-0.15, -0.1) is 0 Å². The molecule has 0 bridgehead atoms. The van der Waals surface area contributed by atoms with E-state index in [4.69, 9.17) is 4.74 Å². The number of hydrogen-bond donors (Lipinski definition) is 0. The monoisotopic (exact) mass is 360 g/mol. The first-order chi connectivity index (χ1) is 10.6. The van der Waals surface area contributed by atoms with E-state index in [1.54, 1.807) is 24.3 Å². The minimum Gasteiger partial charge on any atom is -0.457 e. The number of ether oxygens (including phenoxy) is 1. The summed E-state index contributed by atoms with van der Waals surface area (Å²) >= 11 is 2.97. The topological polar surface area (TPSA) is 9.23 Å². The Bertz CT molecular complexity index is 786. The van der Waals surface area contributed by atoms with Gasteiger partial charge >= 0.3 is 0 Å². The van der Waals surface area contributed by atoms with E-state index in [-0.39, 0.29) is 10.0 Å². The van der Waals surface area contributed by atoms with Crippen molar-refractivity contribution in [2.24, 2.45) is 0 Å². The molecule has 0 radical (unpaired) electrons. The quantitative estimate of drug-likeness (QED) is 0.506. The molecular formula is C18H11BrF2O. The van der Waals surface area contributed by atoms with Gasteiger partial charge in [-0.05, 0) is 51.8 Å². The summed E-state index contributed by atoms with van der Waals surface area (Å²) in [6, 6.07) is 19.2. The van der Waals surface area contributed by atoms with E-state index in [2.05, 4.69) is 15.9 Å².